The molecule has 0 spiro atoms. The Labute approximate surface area is 132 Å². The number of rotatable bonds is 5. The number of aryl methyl sites for hydroxylation is 1. The van der Waals surface area contributed by atoms with Crippen LogP contribution in [-0.4, -0.2) is 21.6 Å². The number of nitrogens with one attached hydrogen (secondary N) is 1. The molecule has 3 rings (SSSR count). The summed E-state index contributed by atoms with van der Waals surface area (Å²) in [6, 6.07) is 13.1. The molecule has 0 atom stereocenters. The fraction of sp³-hybridized carbons (Fsp3) is 0.188. The number of amides is 1. The number of hydrogen-bond donors (Lipinski definition) is 1. The summed E-state index contributed by atoms with van der Waals surface area (Å²) in [5.41, 5.74) is 2.47. The van der Waals surface area contributed by atoms with E-state index in [-0.39, 0.29) is 5.91 Å². The molecule has 1 amide bonds. The molecule has 1 N–H and O–H groups in total. The van der Waals surface area contributed by atoms with Gasteiger partial charge in [0.2, 0.25) is 5.91 Å². The van der Waals surface area contributed by atoms with Crippen LogP contribution in [0.4, 0.5) is 5.82 Å². The number of carbonyl (C=O) groups excluding carboxylic acids is 1. The van der Waals surface area contributed by atoms with Gasteiger partial charge in [0.1, 0.15) is 11.3 Å². The number of anilines is 1. The van der Waals surface area contributed by atoms with Gasteiger partial charge in [0, 0.05) is 17.9 Å². The molecule has 0 unspecified atom stereocenters. The first-order chi connectivity index (χ1) is 10.7. The van der Waals surface area contributed by atoms with Gasteiger partial charge >= 0.3 is 0 Å². The summed E-state index contributed by atoms with van der Waals surface area (Å²) in [6.07, 6.45) is 0.374. The van der Waals surface area contributed by atoms with Gasteiger partial charge < -0.3 is 9.73 Å². The van der Waals surface area contributed by atoms with Crippen LogP contribution >= 0.6 is 11.8 Å². The molecule has 0 fully saturated rings. The van der Waals surface area contributed by atoms with Crippen molar-refractivity contribution in [3.05, 3.63) is 48.2 Å². The highest BCUT2D eigenvalue weighted by molar-refractivity contribution is 7.99. The van der Waals surface area contributed by atoms with E-state index >= 15 is 0 Å². The van der Waals surface area contributed by atoms with E-state index < -0.39 is 0 Å². The average Bonchev–Trinajstić information content (AvgIpc) is 2.90. The van der Waals surface area contributed by atoms with Crippen molar-refractivity contribution >= 4 is 34.6 Å². The van der Waals surface area contributed by atoms with E-state index in [0.29, 0.717) is 23.2 Å². The van der Waals surface area contributed by atoms with Gasteiger partial charge in [0.25, 0.3) is 5.22 Å². The van der Waals surface area contributed by atoms with Crippen molar-refractivity contribution in [2.45, 2.75) is 18.6 Å². The summed E-state index contributed by atoms with van der Waals surface area (Å²) in [5, 5.41) is 3.37. The molecule has 0 saturated heterocycles. The molecule has 2 heterocycles. The first kappa shape index (κ1) is 14.6. The minimum atomic E-state index is -0.0679. The van der Waals surface area contributed by atoms with Gasteiger partial charge in [-0.1, -0.05) is 30.0 Å². The van der Waals surface area contributed by atoms with Crippen molar-refractivity contribution in [2.24, 2.45) is 0 Å². The third-order valence-electron chi connectivity index (χ3n) is 2.98. The number of carbonyl (C=O) groups is 1. The Bertz CT molecular complexity index is 768. The van der Waals surface area contributed by atoms with Crippen LogP contribution in [-0.2, 0) is 4.79 Å². The normalized spacial score (nSPS) is 10.8. The highest BCUT2D eigenvalue weighted by atomic mass is 32.2. The second-order valence-electron chi connectivity index (χ2n) is 4.76. The van der Waals surface area contributed by atoms with Crippen LogP contribution in [0.1, 0.15) is 12.1 Å². The maximum Gasteiger partial charge on any atom is 0.256 e. The van der Waals surface area contributed by atoms with Gasteiger partial charge in [-0.2, -0.15) is 0 Å². The molecule has 0 radical (unpaired) electrons. The van der Waals surface area contributed by atoms with Crippen molar-refractivity contribution in [1.29, 1.82) is 0 Å². The zero-order valence-electron chi connectivity index (χ0n) is 12.1. The Balaban J connectivity index is 1.51. The van der Waals surface area contributed by atoms with Gasteiger partial charge in [0.05, 0.1) is 0 Å². The second kappa shape index (κ2) is 6.62. The van der Waals surface area contributed by atoms with Crippen molar-refractivity contribution in [2.75, 3.05) is 11.1 Å². The molecule has 0 aliphatic heterocycles. The molecule has 22 heavy (non-hydrogen) atoms. The lowest BCUT2D eigenvalue weighted by molar-refractivity contribution is -0.115. The highest BCUT2D eigenvalue weighted by Crippen LogP contribution is 2.23. The summed E-state index contributed by atoms with van der Waals surface area (Å²) < 4.78 is 5.59. The number of aromatic nitrogens is 2. The van der Waals surface area contributed by atoms with Crippen LogP contribution in [0, 0.1) is 6.92 Å². The smallest absolute Gasteiger partial charge is 0.256 e. The fourth-order valence-electron chi connectivity index (χ4n) is 1.96. The number of fused-ring (bicyclic) bond motifs is 1. The number of benzene rings is 1. The first-order valence-electron chi connectivity index (χ1n) is 6.92. The molecule has 5 nitrogen and oxygen atoms in total. The lowest BCUT2D eigenvalue weighted by Gasteiger charge is -2.04. The van der Waals surface area contributed by atoms with E-state index in [4.69, 9.17) is 4.42 Å². The molecule has 0 aliphatic carbocycles. The van der Waals surface area contributed by atoms with Crippen molar-refractivity contribution in [1.82, 2.24) is 9.97 Å². The molecule has 2 aromatic heterocycles. The summed E-state index contributed by atoms with van der Waals surface area (Å²) >= 11 is 1.43. The molecule has 0 aliphatic rings. The van der Waals surface area contributed by atoms with Crippen molar-refractivity contribution < 1.29 is 9.21 Å². The Hall–Kier alpha value is -2.34. The molecular formula is C16H15N3O2S. The zero-order valence-corrected chi connectivity index (χ0v) is 12.9. The lowest BCUT2D eigenvalue weighted by Crippen LogP contribution is -2.13. The van der Waals surface area contributed by atoms with E-state index in [1.165, 1.54) is 11.8 Å². The minimum absolute atomic E-state index is 0.0679. The first-order valence-corrected chi connectivity index (χ1v) is 7.91. The van der Waals surface area contributed by atoms with Crippen molar-refractivity contribution in [3.8, 4) is 0 Å². The molecule has 1 aromatic carbocycles. The van der Waals surface area contributed by atoms with Gasteiger partial charge in [-0.15, -0.1) is 0 Å². The summed E-state index contributed by atoms with van der Waals surface area (Å²) in [7, 11) is 0. The predicted molar refractivity (Wildman–Crippen MR) is 87.0 cm³/mol. The Morgan fingerprint density at radius 2 is 2.05 bits per heavy atom. The van der Waals surface area contributed by atoms with E-state index in [9.17, 15) is 4.79 Å². The van der Waals surface area contributed by atoms with Gasteiger partial charge in [-0.05, 0) is 31.2 Å². The third-order valence-corrected chi connectivity index (χ3v) is 3.81. The third kappa shape index (κ3) is 3.65. The van der Waals surface area contributed by atoms with Gasteiger partial charge in [-0.25, -0.2) is 9.97 Å². The maximum absolute atomic E-state index is 11.9. The lowest BCUT2D eigenvalue weighted by atomic mass is 10.3. The average molecular weight is 313 g/mol. The molecular weight excluding hydrogens is 298 g/mol. The van der Waals surface area contributed by atoms with Crippen LogP contribution in [0.25, 0.3) is 11.1 Å². The summed E-state index contributed by atoms with van der Waals surface area (Å²) in [6.45, 7) is 1.89. The molecule has 0 bridgehead atoms. The van der Waals surface area contributed by atoms with E-state index in [0.717, 1.165) is 16.8 Å². The van der Waals surface area contributed by atoms with Gasteiger partial charge in [-0.3, -0.25) is 4.79 Å². The Kier molecular flexibility index (Phi) is 4.39. The monoisotopic (exact) mass is 313 g/mol. The largest absolute Gasteiger partial charge is 0.431 e. The molecule has 3 aromatic rings. The van der Waals surface area contributed by atoms with E-state index in [2.05, 4.69) is 15.3 Å². The zero-order chi connectivity index (χ0) is 15.4. The maximum atomic E-state index is 11.9. The molecule has 6 heteroatoms. The number of pyridine rings is 1. The summed E-state index contributed by atoms with van der Waals surface area (Å²) in [4.78, 5) is 20.5. The van der Waals surface area contributed by atoms with Crippen LogP contribution in [0.5, 0.6) is 0 Å². The Morgan fingerprint density at radius 1 is 1.18 bits per heavy atom. The van der Waals surface area contributed by atoms with E-state index in [1.54, 1.807) is 6.07 Å². The quantitative estimate of drug-likeness (QED) is 0.728. The highest BCUT2D eigenvalue weighted by Gasteiger charge is 2.08. The fourth-order valence-corrected chi connectivity index (χ4v) is 2.74. The topological polar surface area (TPSA) is 68.0 Å². The number of nitrogens with zero attached hydrogens (tertiary/aromatic N) is 2. The standard InChI is InChI=1S/C16H15N3O2S/c1-11-5-4-8-14(17-11)19-15(20)9-10-22-16-18-12-6-2-3-7-13(12)21-16/h2-8H,9-10H2,1H3,(H,17,19,20). The second-order valence-corrected chi connectivity index (χ2v) is 5.80. The molecule has 0 saturated carbocycles. The van der Waals surface area contributed by atoms with Crippen LogP contribution in [0.15, 0.2) is 52.1 Å². The summed E-state index contributed by atoms with van der Waals surface area (Å²) in [5.74, 6) is 1.11. The minimum Gasteiger partial charge on any atom is -0.431 e. The molecule has 112 valence electrons. The van der Waals surface area contributed by atoms with Crippen LogP contribution in [0.2, 0.25) is 0 Å². The SMILES string of the molecule is Cc1cccc(NC(=O)CCSc2nc3ccccc3o2)n1. The number of oxazole rings is 1. The number of hydrogen-bond acceptors (Lipinski definition) is 5. The Morgan fingerprint density at radius 3 is 2.86 bits per heavy atom. The predicted octanol–water partition coefficient (Wildman–Crippen LogP) is 3.65. The van der Waals surface area contributed by atoms with Crippen LogP contribution < -0.4 is 5.32 Å². The van der Waals surface area contributed by atoms with Gasteiger partial charge in [0.15, 0.2) is 5.58 Å². The number of thioether (sulfide) groups is 1. The number of para-hydroxylation sites is 2. The van der Waals surface area contributed by atoms with E-state index in [1.807, 2.05) is 43.3 Å². The van der Waals surface area contributed by atoms with Crippen LogP contribution in [0.3, 0.4) is 0 Å². The van der Waals surface area contributed by atoms with Crippen molar-refractivity contribution in [3.63, 3.8) is 0 Å².